The Morgan fingerprint density at radius 1 is 1.22 bits per heavy atom. The summed E-state index contributed by atoms with van der Waals surface area (Å²) in [5.41, 5.74) is 1.28. The van der Waals surface area contributed by atoms with Gasteiger partial charge in [0.15, 0.2) is 0 Å². The van der Waals surface area contributed by atoms with Gasteiger partial charge in [-0.1, -0.05) is 30.3 Å². The quantitative estimate of drug-likeness (QED) is 0.785. The van der Waals surface area contributed by atoms with Gasteiger partial charge in [-0.05, 0) is 37.1 Å². The van der Waals surface area contributed by atoms with Crippen LogP contribution < -0.4 is 10.2 Å². The molecule has 1 atom stereocenters. The van der Waals surface area contributed by atoms with E-state index in [0.29, 0.717) is 6.04 Å². The third-order valence-electron chi connectivity index (χ3n) is 4.64. The third-order valence-corrected chi connectivity index (χ3v) is 5.78. The molecular weight excluding hydrogens is 302 g/mol. The van der Waals surface area contributed by atoms with Crippen LogP contribution in [0, 0.1) is 0 Å². The van der Waals surface area contributed by atoms with Crippen molar-refractivity contribution in [2.75, 3.05) is 25.0 Å². The minimum atomic E-state index is 0.530. The zero-order valence-electron chi connectivity index (χ0n) is 13.3. The molecule has 4 rings (SSSR count). The maximum atomic E-state index is 4.69. The first-order chi connectivity index (χ1) is 11.3. The minimum absolute atomic E-state index is 0.530. The van der Waals surface area contributed by atoms with Gasteiger partial charge in [-0.15, -0.1) is 11.3 Å². The van der Waals surface area contributed by atoms with Crippen LogP contribution in [0.15, 0.2) is 48.7 Å². The first-order valence-corrected chi connectivity index (χ1v) is 9.02. The second kappa shape index (κ2) is 6.30. The van der Waals surface area contributed by atoms with E-state index >= 15 is 0 Å². The summed E-state index contributed by atoms with van der Waals surface area (Å²) in [6, 6.07) is 15.6. The minimum Gasteiger partial charge on any atom is -0.355 e. The Kier molecular flexibility index (Phi) is 4.02. The highest BCUT2D eigenvalue weighted by Gasteiger charge is 2.21. The molecule has 0 spiro atoms. The normalized spacial score (nSPS) is 18.2. The predicted molar refractivity (Wildman–Crippen MR) is 99.4 cm³/mol. The van der Waals surface area contributed by atoms with Gasteiger partial charge >= 0.3 is 0 Å². The lowest BCUT2D eigenvalue weighted by atomic mass is 10.1. The lowest BCUT2D eigenvalue weighted by Gasteiger charge is -2.32. The molecule has 0 bridgehead atoms. The number of benzene rings is 1. The smallest absolute Gasteiger partial charge is 0.137 e. The fraction of sp³-hybridized carbons (Fsp3) is 0.316. The van der Waals surface area contributed by atoms with E-state index in [1.807, 2.05) is 17.5 Å². The van der Waals surface area contributed by atoms with Crippen LogP contribution in [-0.4, -0.2) is 31.2 Å². The number of nitrogens with one attached hydrogen (secondary N) is 1. The van der Waals surface area contributed by atoms with Gasteiger partial charge in [0.05, 0.1) is 0 Å². The zero-order chi connectivity index (χ0) is 15.6. The first-order valence-electron chi connectivity index (χ1n) is 8.20. The molecule has 0 aliphatic carbocycles. The van der Waals surface area contributed by atoms with Crippen LogP contribution >= 0.6 is 11.3 Å². The second-order valence-corrected chi connectivity index (χ2v) is 7.22. The fourth-order valence-electron chi connectivity index (χ4n) is 3.31. The van der Waals surface area contributed by atoms with Crippen molar-refractivity contribution in [1.29, 1.82) is 0 Å². The number of aromatic nitrogens is 1. The first kappa shape index (κ1) is 14.7. The van der Waals surface area contributed by atoms with Crippen LogP contribution in [0.1, 0.15) is 12.8 Å². The van der Waals surface area contributed by atoms with E-state index in [2.05, 4.69) is 59.7 Å². The lowest BCUT2D eigenvalue weighted by Crippen LogP contribution is -2.44. The zero-order valence-corrected chi connectivity index (χ0v) is 14.1. The van der Waals surface area contributed by atoms with Gasteiger partial charge in [-0.3, -0.25) is 0 Å². The van der Waals surface area contributed by atoms with Crippen molar-refractivity contribution in [3.63, 3.8) is 0 Å². The molecule has 0 unspecified atom stereocenters. The average molecular weight is 323 g/mol. The van der Waals surface area contributed by atoms with Gasteiger partial charge < -0.3 is 10.2 Å². The number of fused-ring (bicyclic) bond motifs is 1. The molecule has 1 N–H and O–H groups in total. The summed E-state index contributed by atoms with van der Waals surface area (Å²) < 4.78 is 1.31. The molecule has 0 amide bonds. The topological polar surface area (TPSA) is 28.2 Å². The highest BCUT2D eigenvalue weighted by molar-refractivity contribution is 7.22. The Bertz CT molecular complexity index is 791. The van der Waals surface area contributed by atoms with Gasteiger partial charge in [-0.2, -0.15) is 0 Å². The van der Waals surface area contributed by atoms with Crippen molar-refractivity contribution in [3.8, 4) is 10.4 Å². The number of anilines is 1. The maximum absolute atomic E-state index is 4.69. The van der Waals surface area contributed by atoms with Gasteiger partial charge in [0.25, 0.3) is 0 Å². The van der Waals surface area contributed by atoms with Crippen molar-refractivity contribution in [3.05, 3.63) is 48.7 Å². The summed E-state index contributed by atoms with van der Waals surface area (Å²) >= 11 is 1.85. The molecule has 0 saturated carbocycles. The van der Waals surface area contributed by atoms with Crippen LogP contribution in [-0.2, 0) is 0 Å². The summed E-state index contributed by atoms with van der Waals surface area (Å²) in [7, 11) is 2.18. The average Bonchev–Trinajstić information content (AvgIpc) is 3.07. The summed E-state index contributed by atoms with van der Waals surface area (Å²) in [5, 5.41) is 4.77. The Hall–Kier alpha value is -1.91. The molecule has 1 aliphatic rings. The molecule has 118 valence electrons. The number of hydrogen-bond donors (Lipinski definition) is 1. The van der Waals surface area contributed by atoms with Gasteiger partial charge in [0, 0.05) is 40.8 Å². The number of rotatable bonds is 3. The SMILES string of the molecule is CN(c1nccc2sc(-c3ccccc3)cc12)[C@H]1CCCNC1. The van der Waals surface area contributed by atoms with Crippen LogP contribution in [0.3, 0.4) is 0 Å². The van der Waals surface area contributed by atoms with Crippen molar-refractivity contribution in [2.45, 2.75) is 18.9 Å². The Morgan fingerprint density at radius 2 is 2.09 bits per heavy atom. The molecule has 2 aromatic heterocycles. The summed E-state index contributed by atoms with van der Waals surface area (Å²) in [6.07, 6.45) is 4.41. The van der Waals surface area contributed by atoms with E-state index < -0.39 is 0 Å². The number of nitrogens with zero attached hydrogens (tertiary/aromatic N) is 2. The molecule has 0 radical (unpaired) electrons. The van der Waals surface area contributed by atoms with Crippen molar-refractivity contribution in [1.82, 2.24) is 10.3 Å². The number of pyridine rings is 1. The van der Waals surface area contributed by atoms with E-state index in [1.54, 1.807) is 0 Å². The summed E-state index contributed by atoms with van der Waals surface area (Å²) in [6.45, 7) is 2.18. The van der Waals surface area contributed by atoms with E-state index in [4.69, 9.17) is 4.98 Å². The largest absolute Gasteiger partial charge is 0.355 e. The molecule has 1 aliphatic heterocycles. The molecule has 1 saturated heterocycles. The van der Waals surface area contributed by atoms with E-state index in [9.17, 15) is 0 Å². The highest BCUT2D eigenvalue weighted by atomic mass is 32.1. The van der Waals surface area contributed by atoms with Crippen molar-refractivity contribution < 1.29 is 0 Å². The third kappa shape index (κ3) is 2.84. The Balaban J connectivity index is 1.74. The fourth-order valence-corrected chi connectivity index (χ4v) is 4.37. The second-order valence-electron chi connectivity index (χ2n) is 6.13. The van der Waals surface area contributed by atoms with E-state index in [-0.39, 0.29) is 0 Å². The monoisotopic (exact) mass is 323 g/mol. The molecule has 3 nitrogen and oxygen atoms in total. The number of likely N-dealkylation sites (N-methyl/N-ethyl adjacent to an activating group) is 1. The Labute approximate surface area is 141 Å². The maximum Gasteiger partial charge on any atom is 0.137 e. The van der Waals surface area contributed by atoms with Gasteiger partial charge in [0.1, 0.15) is 5.82 Å². The lowest BCUT2D eigenvalue weighted by molar-refractivity contribution is 0.444. The van der Waals surface area contributed by atoms with E-state index in [1.165, 1.54) is 33.4 Å². The molecule has 3 heterocycles. The molecule has 4 heteroatoms. The molecular formula is C19H21N3S. The van der Waals surface area contributed by atoms with Crippen LogP contribution in [0.5, 0.6) is 0 Å². The molecule has 23 heavy (non-hydrogen) atoms. The number of hydrogen-bond acceptors (Lipinski definition) is 4. The molecule has 1 aromatic carbocycles. The molecule has 3 aromatic rings. The van der Waals surface area contributed by atoms with Gasteiger partial charge in [0.2, 0.25) is 0 Å². The number of piperidine rings is 1. The summed E-state index contributed by atoms with van der Waals surface area (Å²) in [4.78, 5) is 8.36. The summed E-state index contributed by atoms with van der Waals surface area (Å²) in [5.74, 6) is 1.11. The highest BCUT2D eigenvalue weighted by Crippen LogP contribution is 2.37. The van der Waals surface area contributed by atoms with Crippen LogP contribution in [0.4, 0.5) is 5.82 Å². The predicted octanol–water partition coefficient (Wildman–Crippen LogP) is 4.15. The standard InChI is InChI=1S/C19H21N3S/c1-22(15-8-5-10-20-13-15)19-16-12-18(14-6-3-2-4-7-14)23-17(16)9-11-21-19/h2-4,6-7,9,11-12,15,20H,5,8,10,13H2,1H3/t15-/m0/s1. The van der Waals surface area contributed by atoms with Crippen molar-refractivity contribution in [2.24, 2.45) is 0 Å². The van der Waals surface area contributed by atoms with Crippen LogP contribution in [0.25, 0.3) is 20.5 Å². The van der Waals surface area contributed by atoms with Crippen LogP contribution in [0.2, 0.25) is 0 Å². The Morgan fingerprint density at radius 3 is 2.87 bits per heavy atom. The van der Waals surface area contributed by atoms with E-state index in [0.717, 1.165) is 18.9 Å². The van der Waals surface area contributed by atoms with Crippen molar-refractivity contribution >= 4 is 27.2 Å². The molecule has 1 fully saturated rings. The number of thiophene rings is 1. The van der Waals surface area contributed by atoms with Gasteiger partial charge in [-0.25, -0.2) is 4.98 Å².